The maximum absolute atomic E-state index is 13.7. The summed E-state index contributed by atoms with van der Waals surface area (Å²) in [6, 6.07) is 16.6. The number of aromatic nitrogens is 1. The summed E-state index contributed by atoms with van der Waals surface area (Å²) in [5.74, 6) is -0.148. The van der Waals surface area contributed by atoms with Crippen LogP contribution in [-0.4, -0.2) is 65.5 Å². The predicted octanol–water partition coefficient (Wildman–Crippen LogP) is 4.96. The SMILES string of the molecule is CCN(C(=O)Oc1ccc(F)cc1)C1CN(C(=O)C2CCN(c3ccc(C#N)cn3)CC2)CC1c1ccc(F)cc1. The standard InChI is InChI=1S/C31H31F2N5O3/c1-2-38(31(40)41-26-10-8-25(33)9-11-26)28-20-37(19-27(28)22-4-6-24(32)7-5-22)30(39)23-13-15-36(16-14-23)29-12-3-21(17-34)18-35-29/h3-12,18,23,27-28H,2,13-16,19-20H2,1H3. The molecule has 0 aliphatic carbocycles. The molecule has 2 saturated heterocycles. The molecule has 2 atom stereocenters. The van der Waals surface area contributed by atoms with Crippen molar-refractivity contribution >= 4 is 17.8 Å². The zero-order valence-electron chi connectivity index (χ0n) is 22.7. The Hall–Kier alpha value is -4.52. The molecule has 2 aliphatic heterocycles. The fraction of sp³-hybridized carbons (Fsp3) is 0.355. The molecular weight excluding hydrogens is 528 g/mol. The van der Waals surface area contributed by atoms with Gasteiger partial charge in [0.25, 0.3) is 0 Å². The number of carbonyl (C=O) groups is 2. The number of ether oxygens (including phenoxy) is 1. The molecule has 0 N–H and O–H groups in total. The summed E-state index contributed by atoms with van der Waals surface area (Å²) in [5, 5.41) is 9.01. The fourth-order valence-electron chi connectivity index (χ4n) is 5.73. The number of carbonyl (C=O) groups excluding carboxylic acids is 2. The minimum Gasteiger partial charge on any atom is -0.410 e. The fourth-order valence-corrected chi connectivity index (χ4v) is 5.73. The number of rotatable bonds is 6. The summed E-state index contributed by atoms with van der Waals surface area (Å²) in [4.78, 5) is 36.9. The number of nitrogens with zero attached hydrogens (tertiary/aromatic N) is 5. The maximum Gasteiger partial charge on any atom is 0.415 e. The number of piperidine rings is 1. The van der Waals surface area contributed by atoms with E-state index in [4.69, 9.17) is 10.00 Å². The van der Waals surface area contributed by atoms with Crippen LogP contribution in [-0.2, 0) is 4.79 Å². The molecule has 2 fully saturated rings. The van der Waals surface area contributed by atoms with Crippen LogP contribution in [0.5, 0.6) is 5.75 Å². The van der Waals surface area contributed by atoms with Gasteiger partial charge in [-0.1, -0.05) is 12.1 Å². The van der Waals surface area contributed by atoms with E-state index in [1.165, 1.54) is 36.4 Å². The van der Waals surface area contributed by atoms with Gasteiger partial charge in [0.05, 0.1) is 11.6 Å². The smallest absolute Gasteiger partial charge is 0.410 e. The van der Waals surface area contributed by atoms with Gasteiger partial charge >= 0.3 is 6.09 Å². The molecule has 8 nitrogen and oxygen atoms in total. The molecule has 3 aromatic rings. The summed E-state index contributed by atoms with van der Waals surface area (Å²) < 4.78 is 32.6. The Kier molecular flexibility index (Phi) is 8.43. The molecule has 41 heavy (non-hydrogen) atoms. The number of pyridine rings is 1. The Labute approximate surface area is 237 Å². The largest absolute Gasteiger partial charge is 0.415 e. The normalized spacial score (nSPS) is 19.1. The van der Waals surface area contributed by atoms with Gasteiger partial charge < -0.3 is 19.4 Å². The van der Waals surface area contributed by atoms with E-state index in [2.05, 4.69) is 16.0 Å². The number of amides is 2. The van der Waals surface area contributed by atoms with Crippen molar-refractivity contribution in [2.75, 3.05) is 37.6 Å². The molecule has 0 radical (unpaired) electrons. The van der Waals surface area contributed by atoms with E-state index in [1.807, 2.05) is 17.9 Å². The van der Waals surface area contributed by atoms with Crippen LogP contribution >= 0.6 is 0 Å². The van der Waals surface area contributed by atoms with E-state index in [-0.39, 0.29) is 35.4 Å². The number of halogens is 2. The second-order valence-electron chi connectivity index (χ2n) is 10.4. The number of anilines is 1. The van der Waals surface area contributed by atoms with Crippen LogP contribution < -0.4 is 9.64 Å². The highest BCUT2D eigenvalue weighted by molar-refractivity contribution is 5.80. The van der Waals surface area contributed by atoms with Gasteiger partial charge in [0.15, 0.2) is 0 Å². The summed E-state index contributed by atoms with van der Waals surface area (Å²) >= 11 is 0. The van der Waals surface area contributed by atoms with Gasteiger partial charge in [0.2, 0.25) is 5.91 Å². The van der Waals surface area contributed by atoms with E-state index in [0.717, 1.165) is 11.4 Å². The van der Waals surface area contributed by atoms with Gasteiger partial charge in [0, 0.05) is 50.8 Å². The predicted molar refractivity (Wildman–Crippen MR) is 148 cm³/mol. The first-order valence-corrected chi connectivity index (χ1v) is 13.8. The van der Waals surface area contributed by atoms with Crippen LogP contribution in [0.3, 0.4) is 0 Å². The van der Waals surface area contributed by atoms with Crippen molar-refractivity contribution in [3.8, 4) is 11.8 Å². The summed E-state index contributed by atoms with van der Waals surface area (Å²) in [7, 11) is 0. The molecule has 3 heterocycles. The molecule has 2 aliphatic rings. The summed E-state index contributed by atoms with van der Waals surface area (Å²) in [6.45, 7) is 4.22. The van der Waals surface area contributed by atoms with Crippen LogP contribution in [0.4, 0.5) is 19.4 Å². The Morgan fingerprint density at radius 3 is 2.24 bits per heavy atom. The van der Waals surface area contributed by atoms with Gasteiger partial charge in [-0.3, -0.25) is 4.79 Å². The molecule has 5 rings (SSSR count). The summed E-state index contributed by atoms with van der Waals surface area (Å²) in [6.07, 6.45) is 2.28. The average molecular weight is 560 g/mol. The lowest BCUT2D eigenvalue weighted by molar-refractivity contribution is -0.135. The van der Waals surface area contributed by atoms with Crippen LogP contribution in [0.1, 0.15) is 36.8 Å². The quantitative estimate of drug-likeness (QED) is 0.424. The highest BCUT2D eigenvalue weighted by atomic mass is 19.1. The van der Waals surface area contributed by atoms with Crippen LogP contribution in [0.25, 0.3) is 0 Å². The number of likely N-dealkylation sites (N-methyl/N-ethyl adjacent to an activating group) is 1. The van der Waals surface area contributed by atoms with Crippen molar-refractivity contribution in [3.63, 3.8) is 0 Å². The molecule has 0 bridgehead atoms. The molecule has 2 amide bonds. The molecule has 1 aromatic heterocycles. The van der Waals surface area contributed by atoms with Gasteiger partial charge in [-0.2, -0.15) is 5.26 Å². The van der Waals surface area contributed by atoms with Crippen molar-refractivity contribution in [2.45, 2.75) is 31.7 Å². The average Bonchev–Trinajstić information content (AvgIpc) is 3.44. The van der Waals surface area contributed by atoms with E-state index < -0.39 is 11.9 Å². The third kappa shape index (κ3) is 6.30. The third-order valence-corrected chi connectivity index (χ3v) is 7.94. The van der Waals surface area contributed by atoms with E-state index in [9.17, 15) is 18.4 Å². The lowest BCUT2D eigenvalue weighted by Gasteiger charge is -2.34. The number of hydrogen-bond donors (Lipinski definition) is 0. The molecule has 2 unspecified atom stereocenters. The Bertz CT molecular complexity index is 1400. The second kappa shape index (κ2) is 12.3. The van der Waals surface area contributed by atoms with Crippen LogP contribution in [0.2, 0.25) is 0 Å². The van der Waals surface area contributed by atoms with E-state index >= 15 is 0 Å². The van der Waals surface area contributed by atoms with Gasteiger partial charge in [-0.25, -0.2) is 18.6 Å². The Morgan fingerprint density at radius 1 is 1.00 bits per heavy atom. The highest BCUT2D eigenvalue weighted by Gasteiger charge is 2.43. The van der Waals surface area contributed by atoms with Gasteiger partial charge in [-0.15, -0.1) is 0 Å². The minimum absolute atomic E-state index is 0.0370. The highest BCUT2D eigenvalue weighted by Crippen LogP contribution is 2.34. The monoisotopic (exact) mass is 559 g/mol. The zero-order valence-corrected chi connectivity index (χ0v) is 22.7. The Morgan fingerprint density at radius 2 is 1.66 bits per heavy atom. The van der Waals surface area contributed by atoms with Crippen molar-refractivity contribution < 1.29 is 23.1 Å². The van der Waals surface area contributed by atoms with Crippen LogP contribution in [0.15, 0.2) is 66.9 Å². The zero-order chi connectivity index (χ0) is 28.9. The summed E-state index contributed by atoms with van der Waals surface area (Å²) in [5.41, 5.74) is 1.34. The maximum atomic E-state index is 13.7. The minimum atomic E-state index is -0.589. The van der Waals surface area contributed by atoms with Crippen molar-refractivity contribution in [1.29, 1.82) is 5.26 Å². The first-order chi connectivity index (χ1) is 19.9. The van der Waals surface area contributed by atoms with Crippen molar-refractivity contribution in [1.82, 2.24) is 14.8 Å². The van der Waals surface area contributed by atoms with E-state index in [0.29, 0.717) is 51.1 Å². The first-order valence-electron chi connectivity index (χ1n) is 13.8. The second-order valence-corrected chi connectivity index (χ2v) is 10.4. The molecule has 0 saturated carbocycles. The third-order valence-electron chi connectivity index (χ3n) is 7.94. The number of benzene rings is 2. The molecule has 0 spiro atoms. The van der Waals surface area contributed by atoms with Gasteiger partial charge in [0.1, 0.15) is 29.3 Å². The lowest BCUT2D eigenvalue weighted by atomic mass is 9.93. The molecule has 212 valence electrons. The lowest BCUT2D eigenvalue weighted by Crippen LogP contribution is -2.47. The first kappa shape index (κ1) is 28.0. The van der Waals surface area contributed by atoms with Crippen LogP contribution in [0, 0.1) is 28.9 Å². The Balaban J connectivity index is 1.30. The van der Waals surface area contributed by atoms with Crippen molar-refractivity contribution in [3.05, 3.63) is 89.6 Å². The molecular formula is C31H31F2N5O3. The number of nitriles is 1. The topological polar surface area (TPSA) is 89.8 Å². The molecule has 10 heteroatoms. The number of hydrogen-bond acceptors (Lipinski definition) is 6. The van der Waals surface area contributed by atoms with E-state index in [1.54, 1.807) is 29.3 Å². The number of likely N-dealkylation sites (tertiary alicyclic amines) is 1. The van der Waals surface area contributed by atoms with Gasteiger partial charge in [-0.05, 0) is 73.9 Å². The van der Waals surface area contributed by atoms with Crippen molar-refractivity contribution in [2.24, 2.45) is 5.92 Å². The molecule has 2 aromatic carbocycles.